The smallest absolute Gasteiger partial charge is 0.226 e. The second-order valence-corrected chi connectivity index (χ2v) is 5.33. The van der Waals surface area contributed by atoms with Crippen molar-refractivity contribution in [3.63, 3.8) is 0 Å². The first-order chi connectivity index (χ1) is 9.83. The van der Waals surface area contributed by atoms with Crippen LogP contribution in [0.15, 0.2) is 54.6 Å². The zero-order chi connectivity index (χ0) is 13.8. The first-order valence-electron chi connectivity index (χ1n) is 7.25. The normalized spacial score (nSPS) is 14.5. The van der Waals surface area contributed by atoms with Crippen LogP contribution in [0.5, 0.6) is 0 Å². The van der Waals surface area contributed by atoms with Crippen LogP contribution in [-0.2, 0) is 11.2 Å². The summed E-state index contributed by atoms with van der Waals surface area (Å²) in [5.74, 6) is 0.259. The molecule has 1 amide bonds. The summed E-state index contributed by atoms with van der Waals surface area (Å²) in [5.41, 5.74) is 3.51. The Morgan fingerprint density at radius 2 is 1.45 bits per heavy atom. The first-order valence-corrected chi connectivity index (χ1v) is 7.25. The molecule has 0 aromatic heterocycles. The van der Waals surface area contributed by atoms with E-state index in [4.69, 9.17) is 0 Å². The molecule has 102 valence electrons. The lowest BCUT2D eigenvalue weighted by molar-refractivity contribution is -0.129. The van der Waals surface area contributed by atoms with Crippen molar-refractivity contribution in [2.75, 3.05) is 13.1 Å². The average molecular weight is 265 g/mol. The minimum absolute atomic E-state index is 0.259. The van der Waals surface area contributed by atoms with Crippen LogP contribution in [0.2, 0.25) is 0 Å². The third kappa shape index (κ3) is 2.90. The summed E-state index contributed by atoms with van der Waals surface area (Å²) < 4.78 is 0. The van der Waals surface area contributed by atoms with Gasteiger partial charge in [-0.25, -0.2) is 0 Å². The van der Waals surface area contributed by atoms with E-state index in [9.17, 15) is 4.79 Å². The lowest BCUT2D eigenvalue weighted by Gasteiger charge is -2.15. The van der Waals surface area contributed by atoms with Gasteiger partial charge in [0.1, 0.15) is 0 Å². The Morgan fingerprint density at radius 1 is 0.850 bits per heavy atom. The van der Waals surface area contributed by atoms with Gasteiger partial charge in [-0.2, -0.15) is 0 Å². The van der Waals surface area contributed by atoms with Gasteiger partial charge < -0.3 is 4.90 Å². The fourth-order valence-corrected chi connectivity index (χ4v) is 2.70. The third-order valence-corrected chi connectivity index (χ3v) is 3.88. The van der Waals surface area contributed by atoms with Gasteiger partial charge in [-0.1, -0.05) is 54.6 Å². The lowest BCUT2D eigenvalue weighted by Crippen LogP contribution is -2.28. The number of rotatable bonds is 3. The monoisotopic (exact) mass is 265 g/mol. The van der Waals surface area contributed by atoms with E-state index in [1.807, 2.05) is 23.1 Å². The number of amides is 1. The van der Waals surface area contributed by atoms with Gasteiger partial charge in [-0.3, -0.25) is 4.79 Å². The molecule has 0 spiro atoms. The number of benzene rings is 2. The van der Waals surface area contributed by atoms with Gasteiger partial charge >= 0.3 is 0 Å². The number of hydrogen-bond acceptors (Lipinski definition) is 1. The zero-order valence-corrected chi connectivity index (χ0v) is 11.6. The second kappa shape index (κ2) is 5.91. The van der Waals surface area contributed by atoms with E-state index < -0.39 is 0 Å². The molecule has 0 unspecified atom stereocenters. The summed E-state index contributed by atoms with van der Waals surface area (Å²) >= 11 is 0. The molecule has 2 aromatic rings. The largest absolute Gasteiger partial charge is 0.342 e. The Hall–Kier alpha value is -2.09. The van der Waals surface area contributed by atoms with Crippen LogP contribution in [0.4, 0.5) is 0 Å². The van der Waals surface area contributed by atoms with E-state index in [2.05, 4.69) is 36.4 Å². The maximum Gasteiger partial charge on any atom is 0.226 e. The van der Waals surface area contributed by atoms with Crippen molar-refractivity contribution in [3.8, 4) is 11.1 Å². The highest BCUT2D eigenvalue weighted by molar-refractivity contribution is 5.79. The number of carbonyl (C=O) groups excluding carboxylic acids is 1. The number of likely N-dealkylation sites (tertiary alicyclic amines) is 1. The van der Waals surface area contributed by atoms with Crippen LogP contribution in [-0.4, -0.2) is 23.9 Å². The SMILES string of the molecule is O=C(Cc1ccc(-c2ccccc2)cc1)N1CCCC1. The van der Waals surface area contributed by atoms with Gasteiger partial charge in [0, 0.05) is 13.1 Å². The molecule has 1 fully saturated rings. The Labute approximate surface area is 120 Å². The highest BCUT2D eigenvalue weighted by atomic mass is 16.2. The Bertz CT molecular complexity index is 568. The quantitative estimate of drug-likeness (QED) is 0.831. The predicted octanol–water partition coefficient (Wildman–Crippen LogP) is 3.52. The molecular weight excluding hydrogens is 246 g/mol. The van der Waals surface area contributed by atoms with E-state index >= 15 is 0 Å². The highest BCUT2D eigenvalue weighted by Gasteiger charge is 2.17. The molecule has 0 bridgehead atoms. The number of nitrogens with zero attached hydrogens (tertiary/aromatic N) is 1. The summed E-state index contributed by atoms with van der Waals surface area (Å²) in [6, 6.07) is 18.6. The van der Waals surface area contributed by atoms with Crippen LogP contribution >= 0.6 is 0 Å². The summed E-state index contributed by atoms with van der Waals surface area (Å²) in [7, 11) is 0. The van der Waals surface area contributed by atoms with E-state index in [-0.39, 0.29) is 5.91 Å². The molecule has 0 radical (unpaired) electrons. The summed E-state index contributed by atoms with van der Waals surface area (Å²) in [6.07, 6.45) is 2.83. The van der Waals surface area contributed by atoms with Gasteiger partial charge in [-0.15, -0.1) is 0 Å². The van der Waals surface area contributed by atoms with Crippen molar-refractivity contribution >= 4 is 5.91 Å². The molecule has 2 aromatic carbocycles. The molecule has 1 aliphatic rings. The average Bonchev–Trinajstić information content (AvgIpc) is 3.03. The number of carbonyl (C=O) groups is 1. The standard InChI is InChI=1S/C18H19NO/c20-18(19-12-4-5-13-19)14-15-8-10-17(11-9-15)16-6-2-1-3-7-16/h1-3,6-11H,4-5,12-14H2. The molecule has 0 atom stereocenters. The molecule has 2 nitrogen and oxygen atoms in total. The molecule has 20 heavy (non-hydrogen) atoms. The molecule has 1 saturated heterocycles. The van der Waals surface area contributed by atoms with Crippen LogP contribution in [0.3, 0.4) is 0 Å². The van der Waals surface area contributed by atoms with E-state index in [1.54, 1.807) is 0 Å². The maximum atomic E-state index is 12.1. The van der Waals surface area contributed by atoms with Gasteiger partial charge in [-0.05, 0) is 29.5 Å². The number of hydrogen-bond donors (Lipinski definition) is 0. The Balaban J connectivity index is 1.68. The fourth-order valence-electron chi connectivity index (χ4n) is 2.70. The van der Waals surface area contributed by atoms with E-state index in [0.29, 0.717) is 6.42 Å². The van der Waals surface area contributed by atoms with Crippen LogP contribution in [0, 0.1) is 0 Å². The van der Waals surface area contributed by atoms with Crippen molar-refractivity contribution in [2.45, 2.75) is 19.3 Å². The van der Waals surface area contributed by atoms with E-state index in [1.165, 1.54) is 11.1 Å². The zero-order valence-electron chi connectivity index (χ0n) is 11.6. The molecule has 2 heteroatoms. The van der Waals surface area contributed by atoms with Crippen molar-refractivity contribution in [3.05, 3.63) is 60.2 Å². The minimum atomic E-state index is 0.259. The third-order valence-electron chi connectivity index (χ3n) is 3.88. The maximum absolute atomic E-state index is 12.1. The van der Waals surface area contributed by atoms with Crippen LogP contribution in [0.25, 0.3) is 11.1 Å². The fraction of sp³-hybridized carbons (Fsp3) is 0.278. The van der Waals surface area contributed by atoms with Crippen LogP contribution in [0.1, 0.15) is 18.4 Å². The molecule has 0 saturated carbocycles. The highest BCUT2D eigenvalue weighted by Crippen LogP contribution is 2.20. The molecule has 1 heterocycles. The van der Waals surface area contributed by atoms with Crippen molar-refractivity contribution in [1.29, 1.82) is 0 Å². The van der Waals surface area contributed by atoms with Gasteiger partial charge in [0.2, 0.25) is 5.91 Å². The predicted molar refractivity (Wildman–Crippen MR) is 81.4 cm³/mol. The summed E-state index contributed by atoms with van der Waals surface area (Å²) in [5, 5.41) is 0. The lowest BCUT2D eigenvalue weighted by atomic mass is 10.0. The van der Waals surface area contributed by atoms with Crippen molar-refractivity contribution in [1.82, 2.24) is 4.90 Å². The van der Waals surface area contributed by atoms with Gasteiger partial charge in [0.05, 0.1) is 6.42 Å². The Morgan fingerprint density at radius 3 is 2.10 bits per heavy atom. The van der Waals surface area contributed by atoms with Gasteiger partial charge in [0.15, 0.2) is 0 Å². The summed E-state index contributed by atoms with van der Waals surface area (Å²) in [6.45, 7) is 1.86. The molecule has 1 aliphatic heterocycles. The molecule has 0 N–H and O–H groups in total. The Kier molecular flexibility index (Phi) is 3.82. The molecule has 3 rings (SSSR count). The molecule has 0 aliphatic carbocycles. The second-order valence-electron chi connectivity index (χ2n) is 5.33. The minimum Gasteiger partial charge on any atom is -0.342 e. The van der Waals surface area contributed by atoms with Crippen molar-refractivity contribution < 1.29 is 4.79 Å². The first kappa shape index (κ1) is 12.9. The van der Waals surface area contributed by atoms with E-state index in [0.717, 1.165) is 31.5 Å². The summed E-state index contributed by atoms with van der Waals surface area (Å²) in [4.78, 5) is 14.1. The van der Waals surface area contributed by atoms with Crippen LogP contribution < -0.4 is 0 Å². The van der Waals surface area contributed by atoms with Gasteiger partial charge in [0.25, 0.3) is 0 Å². The topological polar surface area (TPSA) is 20.3 Å². The van der Waals surface area contributed by atoms with Crippen molar-refractivity contribution in [2.24, 2.45) is 0 Å². The molecular formula is C18H19NO.